The van der Waals surface area contributed by atoms with E-state index in [2.05, 4.69) is 15.6 Å². The topological polar surface area (TPSA) is 121 Å². The SMILES string of the molecule is CC(C)C[C@H](Nc1nc(-c2ccc([N+](=O)[O-])cc2)cs1)C(=O)NCC#N. The summed E-state index contributed by atoms with van der Waals surface area (Å²) >= 11 is 1.35. The van der Waals surface area contributed by atoms with Crippen LogP contribution in [0.3, 0.4) is 0 Å². The van der Waals surface area contributed by atoms with E-state index in [0.29, 0.717) is 17.2 Å². The first-order valence-corrected chi connectivity index (χ1v) is 8.90. The fraction of sp³-hybridized carbons (Fsp3) is 0.353. The second-order valence-electron chi connectivity index (χ2n) is 6.04. The van der Waals surface area contributed by atoms with Crippen molar-refractivity contribution in [2.45, 2.75) is 26.3 Å². The predicted molar refractivity (Wildman–Crippen MR) is 99.7 cm³/mol. The number of benzene rings is 1. The Morgan fingerprint density at radius 2 is 2.08 bits per heavy atom. The number of carbonyl (C=O) groups excluding carboxylic acids is 1. The zero-order valence-corrected chi connectivity index (χ0v) is 15.2. The fourth-order valence-electron chi connectivity index (χ4n) is 2.33. The molecule has 136 valence electrons. The highest BCUT2D eigenvalue weighted by atomic mass is 32.1. The van der Waals surface area contributed by atoms with E-state index in [0.717, 1.165) is 5.56 Å². The van der Waals surface area contributed by atoms with Gasteiger partial charge in [-0.25, -0.2) is 4.98 Å². The summed E-state index contributed by atoms with van der Waals surface area (Å²) in [4.78, 5) is 26.9. The van der Waals surface area contributed by atoms with Crippen molar-refractivity contribution in [1.82, 2.24) is 10.3 Å². The molecule has 0 aliphatic carbocycles. The molecule has 9 heteroatoms. The number of aromatic nitrogens is 1. The summed E-state index contributed by atoms with van der Waals surface area (Å²) < 4.78 is 0. The Morgan fingerprint density at radius 1 is 1.38 bits per heavy atom. The Hall–Kier alpha value is -2.99. The lowest BCUT2D eigenvalue weighted by molar-refractivity contribution is -0.384. The smallest absolute Gasteiger partial charge is 0.269 e. The first-order chi connectivity index (χ1) is 12.4. The number of rotatable bonds is 8. The molecule has 26 heavy (non-hydrogen) atoms. The lowest BCUT2D eigenvalue weighted by Gasteiger charge is -2.18. The van der Waals surface area contributed by atoms with Crippen LogP contribution in [0, 0.1) is 27.4 Å². The highest BCUT2D eigenvalue weighted by Crippen LogP contribution is 2.27. The van der Waals surface area contributed by atoms with Gasteiger partial charge in [0.05, 0.1) is 16.7 Å². The van der Waals surface area contributed by atoms with Crippen molar-refractivity contribution in [3.05, 3.63) is 39.8 Å². The monoisotopic (exact) mass is 373 g/mol. The van der Waals surface area contributed by atoms with Gasteiger partial charge >= 0.3 is 0 Å². The van der Waals surface area contributed by atoms with Crippen LogP contribution in [-0.4, -0.2) is 28.4 Å². The molecule has 8 nitrogen and oxygen atoms in total. The molecule has 0 unspecified atom stereocenters. The van der Waals surface area contributed by atoms with E-state index in [1.807, 2.05) is 25.3 Å². The molecule has 0 bridgehead atoms. The molecule has 1 atom stereocenters. The lowest BCUT2D eigenvalue weighted by Crippen LogP contribution is -2.40. The summed E-state index contributed by atoms with van der Waals surface area (Å²) in [6.45, 7) is 3.98. The number of hydrogen-bond acceptors (Lipinski definition) is 7. The molecule has 2 rings (SSSR count). The van der Waals surface area contributed by atoms with Crippen LogP contribution in [0.2, 0.25) is 0 Å². The van der Waals surface area contributed by atoms with Gasteiger partial charge in [-0.3, -0.25) is 14.9 Å². The maximum atomic E-state index is 12.2. The van der Waals surface area contributed by atoms with Gasteiger partial charge in [-0.1, -0.05) is 13.8 Å². The van der Waals surface area contributed by atoms with Crippen molar-refractivity contribution in [2.75, 3.05) is 11.9 Å². The number of nitriles is 1. The molecule has 1 heterocycles. The van der Waals surface area contributed by atoms with Gasteiger partial charge in [0.15, 0.2) is 5.13 Å². The quantitative estimate of drug-likeness (QED) is 0.416. The number of thiazole rings is 1. The number of hydrogen-bond donors (Lipinski definition) is 2. The zero-order chi connectivity index (χ0) is 19.1. The third-order valence-corrected chi connectivity index (χ3v) is 4.31. The first-order valence-electron chi connectivity index (χ1n) is 8.02. The van der Waals surface area contributed by atoms with E-state index in [1.54, 1.807) is 12.1 Å². The number of nitrogens with one attached hydrogen (secondary N) is 2. The number of nitrogens with zero attached hydrogens (tertiary/aromatic N) is 3. The number of nitro groups is 1. The minimum atomic E-state index is -0.487. The molecule has 0 saturated heterocycles. The average Bonchev–Trinajstić information content (AvgIpc) is 3.07. The van der Waals surface area contributed by atoms with E-state index >= 15 is 0 Å². The number of nitro benzene ring substituents is 1. The molecule has 0 spiro atoms. The van der Waals surface area contributed by atoms with E-state index in [4.69, 9.17) is 5.26 Å². The van der Waals surface area contributed by atoms with E-state index < -0.39 is 11.0 Å². The van der Waals surface area contributed by atoms with Crippen molar-refractivity contribution in [3.63, 3.8) is 0 Å². The molecule has 2 N–H and O–H groups in total. The highest BCUT2D eigenvalue weighted by molar-refractivity contribution is 7.14. The molecular weight excluding hydrogens is 354 g/mol. The van der Waals surface area contributed by atoms with Crippen LogP contribution in [0.25, 0.3) is 11.3 Å². The van der Waals surface area contributed by atoms with Crippen LogP contribution in [0.1, 0.15) is 20.3 Å². The van der Waals surface area contributed by atoms with Gasteiger partial charge in [0.2, 0.25) is 5.91 Å². The van der Waals surface area contributed by atoms with Crippen LogP contribution < -0.4 is 10.6 Å². The van der Waals surface area contributed by atoms with Gasteiger partial charge in [-0.2, -0.15) is 5.26 Å². The molecule has 2 aromatic rings. The second-order valence-corrected chi connectivity index (χ2v) is 6.90. The molecule has 1 aromatic carbocycles. The average molecular weight is 373 g/mol. The molecule has 0 fully saturated rings. The number of amides is 1. The summed E-state index contributed by atoms with van der Waals surface area (Å²) in [6, 6.07) is 7.54. The largest absolute Gasteiger partial charge is 0.350 e. The van der Waals surface area contributed by atoms with Crippen LogP contribution >= 0.6 is 11.3 Å². The highest BCUT2D eigenvalue weighted by Gasteiger charge is 2.20. The summed E-state index contributed by atoms with van der Waals surface area (Å²) in [5, 5.41) is 27.4. The number of anilines is 1. The van der Waals surface area contributed by atoms with E-state index in [9.17, 15) is 14.9 Å². The fourth-order valence-corrected chi connectivity index (χ4v) is 3.10. The van der Waals surface area contributed by atoms with Crippen molar-refractivity contribution in [3.8, 4) is 17.3 Å². The maximum absolute atomic E-state index is 12.2. The first kappa shape index (κ1) is 19.3. The third-order valence-electron chi connectivity index (χ3n) is 3.54. The molecular formula is C17H19N5O3S. The molecule has 1 amide bonds. The van der Waals surface area contributed by atoms with Crippen molar-refractivity contribution >= 4 is 28.1 Å². The standard InChI is InChI=1S/C17H19N5O3S/c1-11(2)9-14(16(23)19-8-7-18)20-17-21-15(10-26-17)12-3-5-13(6-4-12)22(24)25/h3-6,10-11,14H,8-9H2,1-2H3,(H,19,23)(H,20,21)/t14-/m0/s1. The molecule has 0 aliphatic heterocycles. The van der Waals surface area contributed by atoms with Gasteiger partial charge in [0.1, 0.15) is 12.6 Å². The van der Waals surface area contributed by atoms with Crippen molar-refractivity contribution in [2.24, 2.45) is 5.92 Å². The Balaban J connectivity index is 2.12. The summed E-state index contributed by atoms with van der Waals surface area (Å²) in [6.07, 6.45) is 0.601. The predicted octanol–water partition coefficient (Wildman–Crippen LogP) is 3.18. The Bertz CT molecular complexity index is 811. The van der Waals surface area contributed by atoms with Crippen LogP contribution in [0.5, 0.6) is 0 Å². The van der Waals surface area contributed by atoms with E-state index in [1.165, 1.54) is 23.5 Å². The second kappa shape index (κ2) is 8.92. The summed E-state index contributed by atoms with van der Waals surface area (Å²) in [5.41, 5.74) is 1.45. The normalized spacial score (nSPS) is 11.6. The summed E-state index contributed by atoms with van der Waals surface area (Å²) in [5.74, 6) is 0.0433. The molecule has 0 radical (unpaired) electrons. The van der Waals surface area contributed by atoms with Gasteiger partial charge in [-0.15, -0.1) is 11.3 Å². The Morgan fingerprint density at radius 3 is 2.65 bits per heavy atom. The van der Waals surface area contributed by atoms with Gasteiger partial charge in [0.25, 0.3) is 5.69 Å². The van der Waals surface area contributed by atoms with Gasteiger partial charge in [0, 0.05) is 23.1 Å². The lowest BCUT2D eigenvalue weighted by atomic mass is 10.0. The summed E-state index contributed by atoms with van der Waals surface area (Å²) in [7, 11) is 0. The van der Waals surface area contributed by atoms with Crippen molar-refractivity contribution in [1.29, 1.82) is 5.26 Å². The van der Waals surface area contributed by atoms with E-state index in [-0.39, 0.29) is 24.1 Å². The van der Waals surface area contributed by atoms with Crippen molar-refractivity contribution < 1.29 is 9.72 Å². The number of non-ortho nitro benzene ring substituents is 1. The Labute approximate surface area is 155 Å². The van der Waals surface area contributed by atoms with Crippen LogP contribution in [-0.2, 0) is 4.79 Å². The Kier molecular flexibility index (Phi) is 6.63. The minimum Gasteiger partial charge on any atom is -0.350 e. The van der Waals surface area contributed by atoms with Crippen LogP contribution in [0.15, 0.2) is 29.6 Å². The van der Waals surface area contributed by atoms with Gasteiger partial charge < -0.3 is 10.6 Å². The molecule has 1 aromatic heterocycles. The minimum absolute atomic E-state index is 0.0217. The van der Waals surface area contributed by atoms with Crippen LogP contribution in [0.4, 0.5) is 10.8 Å². The maximum Gasteiger partial charge on any atom is 0.269 e. The molecule has 0 aliphatic rings. The number of carbonyl (C=O) groups is 1. The zero-order valence-electron chi connectivity index (χ0n) is 14.4. The molecule has 0 saturated carbocycles. The third kappa shape index (κ3) is 5.26. The van der Waals surface area contributed by atoms with Gasteiger partial charge in [-0.05, 0) is 24.5 Å².